The van der Waals surface area contributed by atoms with Crippen molar-refractivity contribution in [3.8, 4) is 23.0 Å². The Morgan fingerprint density at radius 1 is 0.575 bits per heavy atom. The van der Waals surface area contributed by atoms with Crippen molar-refractivity contribution in [2.75, 3.05) is 0 Å². The van der Waals surface area contributed by atoms with Crippen molar-refractivity contribution in [1.82, 2.24) is 0 Å². The predicted molar refractivity (Wildman–Crippen MR) is 154 cm³/mol. The largest absolute Gasteiger partial charge is 0.457 e. The standard InChI is InChI=1S/C32H32N2O6/c1-3-4-5-6-23-32(2,24-7-15-28(16-8-24)39-30-19-11-26(12-20-30)33(35)36)25-9-17-29(18-10-25)40-31-21-13-27(14-22-31)34(37)38/h7-22H,3-6,23H2,1-2H3. The highest BCUT2D eigenvalue weighted by Gasteiger charge is 2.28. The predicted octanol–water partition coefficient (Wildman–Crippen LogP) is 9.36. The Labute approximate surface area is 233 Å². The van der Waals surface area contributed by atoms with Gasteiger partial charge in [0.05, 0.1) is 9.85 Å². The molecule has 8 nitrogen and oxygen atoms in total. The smallest absolute Gasteiger partial charge is 0.269 e. The Hall–Kier alpha value is -4.72. The third-order valence-corrected chi connectivity index (χ3v) is 7.08. The van der Waals surface area contributed by atoms with Gasteiger partial charge in [-0.25, -0.2) is 0 Å². The van der Waals surface area contributed by atoms with Gasteiger partial charge in [-0.1, -0.05) is 63.8 Å². The molecule has 0 unspecified atom stereocenters. The van der Waals surface area contributed by atoms with Crippen LogP contribution in [0.3, 0.4) is 0 Å². The first kappa shape index (κ1) is 28.3. The summed E-state index contributed by atoms with van der Waals surface area (Å²) < 4.78 is 11.8. The average molecular weight is 541 g/mol. The number of non-ortho nitro benzene ring substituents is 2. The van der Waals surface area contributed by atoms with Gasteiger partial charge in [-0.15, -0.1) is 0 Å². The highest BCUT2D eigenvalue weighted by atomic mass is 16.6. The molecule has 0 amide bonds. The summed E-state index contributed by atoms with van der Waals surface area (Å²) in [4.78, 5) is 20.9. The zero-order chi connectivity index (χ0) is 28.5. The maximum atomic E-state index is 10.9. The molecule has 0 spiro atoms. The van der Waals surface area contributed by atoms with Crippen molar-refractivity contribution in [3.05, 3.63) is 128 Å². The molecule has 0 aliphatic rings. The van der Waals surface area contributed by atoms with Crippen LogP contribution < -0.4 is 9.47 Å². The van der Waals surface area contributed by atoms with Crippen LogP contribution in [0.2, 0.25) is 0 Å². The van der Waals surface area contributed by atoms with E-state index in [0.29, 0.717) is 23.0 Å². The molecule has 4 aromatic rings. The third kappa shape index (κ3) is 7.02. The van der Waals surface area contributed by atoms with Gasteiger partial charge in [0.25, 0.3) is 11.4 Å². The number of benzene rings is 4. The van der Waals surface area contributed by atoms with Crippen LogP contribution in [0.25, 0.3) is 0 Å². The van der Waals surface area contributed by atoms with Crippen molar-refractivity contribution in [1.29, 1.82) is 0 Å². The van der Waals surface area contributed by atoms with Crippen molar-refractivity contribution in [3.63, 3.8) is 0 Å². The minimum atomic E-state index is -0.436. The molecule has 0 fully saturated rings. The van der Waals surface area contributed by atoms with Crippen LogP contribution in [0.1, 0.15) is 57.1 Å². The summed E-state index contributed by atoms with van der Waals surface area (Å²) in [6.45, 7) is 4.45. The van der Waals surface area contributed by atoms with E-state index in [0.717, 1.165) is 30.4 Å². The van der Waals surface area contributed by atoms with E-state index < -0.39 is 9.85 Å². The number of nitrogens with zero attached hydrogens (tertiary/aromatic N) is 2. The Balaban J connectivity index is 1.52. The summed E-state index contributed by atoms with van der Waals surface area (Å²) in [5.74, 6) is 2.36. The number of unbranched alkanes of at least 4 members (excludes halogenated alkanes) is 3. The van der Waals surface area contributed by atoms with E-state index in [1.807, 2.05) is 24.3 Å². The van der Waals surface area contributed by atoms with Crippen LogP contribution >= 0.6 is 0 Å². The minimum absolute atomic E-state index is 0.0192. The SMILES string of the molecule is CCCCCCC(C)(c1ccc(Oc2ccc([N+](=O)[O-])cc2)cc1)c1ccc(Oc2ccc([N+](=O)[O-])cc2)cc1. The summed E-state index contributed by atoms with van der Waals surface area (Å²) in [5.41, 5.74) is 2.11. The lowest BCUT2D eigenvalue weighted by Gasteiger charge is -2.31. The lowest BCUT2D eigenvalue weighted by molar-refractivity contribution is -0.385. The van der Waals surface area contributed by atoms with E-state index >= 15 is 0 Å². The molecule has 0 saturated carbocycles. The molecular weight excluding hydrogens is 508 g/mol. The Morgan fingerprint density at radius 2 is 0.925 bits per heavy atom. The van der Waals surface area contributed by atoms with Crippen molar-refractivity contribution < 1.29 is 19.3 Å². The molecule has 0 heterocycles. The molecule has 0 saturated heterocycles. The summed E-state index contributed by atoms with van der Waals surface area (Å²) in [6, 6.07) is 28.0. The molecular formula is C32H32N2O6. The van der Waals surface area contributed by atoms with Crippen molar-refractivity contribution in [2.45, 2.75) is 51.4 Å². The first-order valence-corrected chi connectivity index (χ1v) is 13.3. The van der Waals surface area contributed by atoms with Gasteiger partial charge in [0, 0.05) is 29.7 Å². The first-order chi connectivity index (χ1) is 19.3. The van der Waals surface area contributed by atoms with E-state index in [2.05, 4.69) is 38.1 Å². The zero-order valence-electron chi connectivity index (χ0n) is 22.6. The van der Waals surface area contributed by atoms with Crippen LogP contribution in [-0.4, -0.2) is 9.85 Å². The average Bonchev–Trinajstić information content (AvgIpc) is 2.96. The number of hydrogen-bond donors (Lipinski definition) is 0. The number of nitro benzene ring substituents is 2. The van der Waals surface area contributed by atoms with Crippen LogP contribution in [0.4, 0.5) is 11.4 Å². The van der Waals surface area contributed by atoms with Gasteiger partial charge in [0.15, 0.2) is 0 Å². The molecule has 0 N–H and O–H groups in total. The lowest BCUT2D eigenvalue weighted by Crippen LogP contribution is -2.23. The maximum Gasteiger partial charge on any atom is 0.269 e. The van der Waals surface area contributed by atoms with Crippen molar-refractivity contribution in [2.24, 2.45) is 0 Å². The molecule has 0 atom stereocenters. The van der Waals surface area contributed by atoms with Gasteiger partial charge in [-0.3, -0.25) is 20.2 Å². The molecule has 4 aromatic carbocycles. The molecule has 0 bridgehead atoms. The van der Waals surface area contributed by atoms with E-state index in [1.165, 1.54) is 37.1 Å². The first-order valence-electron chi connectivity index (χ1n) is 13.3. The summed E-state index contributed by atoms with van der Waals surface area (Å²) in [5, 5.41) is 21.8. The van der Waals surface area contributed by atoms with Gasteiger partial charge < -0.3 is 9.47 Å². The van der Waals surface area contributed by atoms with E-state index in [1.54, 1.807) is 24.3 Å². The third-order valence-electron chi connectivity index (χ3n) is 7.08. The van der Waals surface area contributed by atoms with E-state index in [-0.39, 0.29) is 16.8 Å². The van der Waals surface area contributed by atoms with Crippen LogP contribution in [0, 0.1) is 20.2 Å². The fourth-order valence-corrected chi connectivity index (χ4v) is 4.69. The molecule has 40 heavy (non-hydrogen) atoms. The number of rotatable bonds is 13. The topological polar surface area (TPSA) is 105 Å². The monoisotopic (exact) mass is 540 g/mol. The van der Waals surface area contributed by atoms with E-state index in [9.17, 15) is 20.2 Å². The van der Waals surface area contributed by atoms with Gasteiger partial charge in [0.2, 0.25) is 0 Å². The molecule has 206 valence electrons. The Bertz CT molecular complexity index is 1310. The lowest BCUT2D eigenvalue weighted by atomic mass is 9.72. The van der Waals surface area contributed by atoms with Crippen LogP contribution in [0.15, 0.2) is 97.1 Å². The fourth-order valence-electron chi connectivity index (χ4n) is 4.69. The number of hydrogen-bond acceptors (Lipinski definition) is 6. The quantitative estimate of drug-likeness (QED) is 0.0950. The zero-order valence-corrected chi connectivity index (χ0v) is 22.6. The van der Waals surface area contributed by atoms with Crippen LogP contribution in [-0.2, 0) is 5.41 Å². The number of ether oxygens (including phenoxy) is 2. The Kier molecular flexibility index (Phi) is 9.11. The highest BCUT2D eigenvalue weighted by Crippen LogP contribution is 2.39. The van der Waals surface area contributed by atoms with E-state index in [4.69, 9.17) is 9.47 Å². The van der Waals surface area contributed by atoms with Gasteiger partial charge in [0.1, 0.15) is 23.0 Å². The summed E-state index contributed by atoms with van der Waals surface area (Å²) in [6.07, 6.45) is 5.58. The molecule has 0 radical (unpaired) electrons. The second-order valence-corrected chi connectivity index (χ2v) is 9.90. The van der Waals surface area contributed by atoms with Crippen LogP contribution in [0.5, 0.6) is 23.0 Å². The number of nitro groups is 2. The van der Waals surface area contributed by atoms with Crippen molar-refractivity contribution >= 4 is 11.4 Å². The fraction of sp³-hybridized carbons (Fsp3) is 0.250. The molecule has 0 aliphatic heterocycles. The van der Waals surface area contributed by atoms with Gasteiger partial charge in [-0.05, 0) is 66.1 Å². The van der Waals surface area contributed by atoms with Gasteiger partial charge >= 0.3 is 0 Å². The Morgan fingerprint density at radius 3 is 1.25 bits per heavy atom. The normalized spacial score (nSPS) is 11.2. The molecule has 4 rings (SSSR count). The highest BCUT2D eigenvalue weighted by molar-refractivity contribution is 5.45. The minimum Gasteiger partial charge on any atom is -0.457 e. The summed E-state index contributed by atoms with van der Waals surface area (Å²) in [7, 11) is 0. The molecule has 8 heteroatoms. The second kappa shape index (κ2) is 12.9. The molecule has 0 aliphatic carbocycles. The summed E-state index contributed by atoms with van der Waals surface area (Å²) >= 11 is 0. The van der Waals surface area contributed by atoms with Gasteiger partial charge in [-0.2, -0.15) is 0 Å². The molecule has 0 aromatic heterocycles. The second-order valence-electron chi connectivity index (χ2n) is 9.90. The maximum absolute atomic E-state index is 10.9.